The maximum atomic E-state index is 9.87. The maximum Gasteiger partial charge on any atom is 0.255 e. The average molecular weight is 111 g/mol. The molecule has 0 amide bonds. The Balaban J connectivity index is 2.55. The second-order valence-electron chi connectivity index (χ2n) is 1.29. The first-order valence-corrected chi connectivity index (χ1v) is 2.25. The fraction of sp³-hybridized carbons (Fsp3) is 0.200. The fourth-order valence-corrected chi connectivity index (χ4v) is 0.406. The molecule has 0 bridgehead atoms. The quantitative estimate of drug-likeness (QED) is 0.451. The standard InChI is InChI=1S/C5H5NO2/c7-4-5-6-2-1-3-8-5/h1,3-4H,2H2. The monoisotopic (exact) mass is 111 g/mol. The molecule has 0 aliphatic carbocycles. The van der Waals surface area contributed by atoms with Crippen LogP contribution in [0.15, 0.2) is 17.3 Å². The molecule has 1 heterocycles. The number of carbonyl (C=O) groups is 1. The molecule has 42 valence electrons. The molecule has 0 aromatic carbocycles. The first-order valence-electron chi connectivity index (χ1n) is 2.25. The van der Waals surface area contributed by atoms with Gasteiger partial charge in [0.25, 0.3) is 5.90 Å². The summed E-state index contributed by atoms with van der Waals surface area (Å²) < 4.78 is 4.63. The van der Waals surface area contributed by atoms with Crippen molar-refractivity contribution in [3.8, 4) is 0 Å². The van der Waals surface area contributed by atoms with E-state index in [1.165, 1.54) is 6.26 Å². The molecule has 0 radical (unpaired) electrons. The van der Waals surface area contributed by atoms with Crippen molar-refractivity contribution in [3.63, 3.8) is 0 Å². The molecule has 1 aliphatic heterocycles. The lowest BCUT2D eigenvalue weighted by Gasteiger charge is -1.99. The molecule has 0 aromatic rings. The molecule has 0 fully saturated rings. The van der Waals surface area contributed by atoms with E-state index in [1.807, 2.05) is 0 Å². The van der Waals surface area contributed by atoms with Gasteiger partial charge in [-0.05, 0) is 6.08 Å². The summed E-state index contributed by atoms with van der Waals surface area (Å²) in [7, 11) is 0. The lowest BCUT2D eigenvalue weighted by molar-refractivity contribution is -0.103. The lowest BCUT2D eigenvalue weighted by Crippen LogP contribution is -2.05. The Labute approximate surface area is 46.7 Å². The van der Waals surface area contributed by atoms with E-state index in [4.69, 9.17) is 0 Å². The Hall–Kier alpha value is -1.12. The zero-order chi connectivity index (χ0) is 5.82. The van der Waals surface area contributed by atoms with Crippen LogP contribution in [0.3, 0.4) is 0 Å². The van der Waals surface area contributed by atoms with Crippen molar-refractivity contribution in [2.24, 2.45) is 4.99 Å². The van der Waals surface area contributed by atoms with Crippen LogP contribution in [0.4, 0.5) is 0 Å². The second-order valence-corrected chi connectivity index (χ2v) is 1.29. The van der Waals surface area contributed by atoms with Crippen molar-refractivity contribution in [2.75, 3.05) is 6.54 Å². The van der Waals surface area contributed by atoms with E-state index < -0.39 is 0 Å². The van der Waals surface area contributed by atoms with Gasteiger partial charge in [-0.3, -0.25) is 4.79 Å². The third-order valence-electron chi connectivity index (χ3n) is 0.738. The van der Waals surface area contributed by atoms with Gasteiger partial charge in [-0.25, -0.2) is 4.99 Å². The van der Waals surface area contributed by atoms with Crippen LogP contribution in [0.1, 0.15) is 0 Å². The third kappa shape index (κ3) is 0.932. The first-order chi connectivity index (χ1) is 3.93. The molecular formula is C5H5NO2. The third-order valence-corrected chi connectivity index (χ3v) is 0.738. The maximum absolute atomic E-state index is 9.87. The predicted molar refractivity (Wildman–Crippen MR) is 28.6 cm³/mol. The minimum absolute atomic E-state index is 0.160. The van der Waals surface area contributed by atoms with E-state index in [9.17, 15) is 4.79 Å². The van der Waals surface area contributed by atoms with E-state index in [1.54, 1.807) is 6.08 Å². The number of rotatable bonds is 1. The van der Waals surface area contributed by atoms with Gasteiger partial charge in [-0.15, -0.1) is 0 Å². The summed E-state index contributed by atoms with van der Waals surface area (Å²) in [6.45, 7) is 0.550. The van der Waals surface area contributed by atoms with E-state index >= 15 is 0 Å². The molecule has 0 N–H and O–H groups in total. The number of hydrogen-bond acceptors (Lipinski definition) is 3. The molecule has 0 aromatic heterocycles. The molecule has 0 saturated carbocycles. The van der Waals surface area contributed by atoms with Gasteiger partial charge in [0.05, 0.1) is 12.8 Å². The molecule has 0 spiro atoms. The predicted octanol–water partition coefficient (Wildman–Crippen LogP) is 0.128. The summed E-state index contributed by atoms with van der Waals surface area (Å²) in [4.78, 5) is 13.6. The van der Waals surface area contributed by atoms with Crippen molar-refractivity contribution in [1.82, 2.24) is 0 Å². The summed E-state index contributed by atoms with van der Waals surface area (Å²) in [6, 6.07) is 0. The summed E-state index contributed by atoms with van der Waals surface area (Å²) in [6.07, 6.45) is 3.77. The van der Waals surface area contributed by atoms with Crippen molar-refractivity contribution in [1.29, 1.82) is 0 Å². The molecule has 8 heavy (non-hydrogen) atoms. The van der Waals surface area contributed by atoms with E-state index in [0.717, 1.165) is 0 Å². The van der Waals surface area contributed by atoms with Crippen molar-refractivity contribution in [3.05, 3.63) is 12.3 Å². The largest absolute Gasteiger partial charge is 0.445 e. The minimum atomic E-state index is 0.160. The highest BCUT2D eigenvalue weighted by Crippen LogP contribution is 1.89. The Bertz CT molecular complexity index is 149. The van der Waals surface area contributed by atoms with Crippen LogP contribution in [-0.2, 0) is 9.53 Å². The lowest BCUT2D eigenvalue weighted by atomic mass is 10.5. The fourth-order valence-electron chi connectivity index (χ4n) is 0.406. The number of aldehydes is 1. The van der Waals surface area contributed by atoms with E-state index in [0.29, 0.717) is 12.8 Å². The zero-order valence-corrected chi connectivity index (χ0v) is 4.20. The van der Waals surface area contributed by atoms with Crippen molar-refractivity contribution in [2.45, 2.75) is 0 Å². The van der Waals surface area contributed by atoms with Gasteiger partial charge in [-0.1, -0.05) is 0 Å². The van der Waals surface area contributed by atoms with E-state index in [2.05, 4.69) is 9.73 Å². The number of ether oxygens (including phenoxy) is 1. The number of carbonyl (C=O) groups excluding carboxylic acids is 1. The normalized spacial score (nSPS) is 16.8. The van der Waals surface area contributed by atoms with Crippen LogP contribution >= 0.6 is 0 Å². The molecule has 3 nitrogen and oxygen atoms in total. The van der Waals surface area contributed by atoms with Gasteiger partial charge in [0, 0.05) is 0 Å². The highest BCUT2D eigenvalue weighted by molar-refractivity contribution is 6.24. The van der Waals surface area contributed by atoms with Crippen LogP contribution in [-0.4, -0.2) is 18.7 Å². The Morgan fingerprint density at radius 3 is 3.12 bits per heavy atom. The topological polar surface area (TPSA) is 38.7 Å². The van der Waals surface area contributed by atoms with Crippen LogP contribution in [0.25, 0.3) is 0 Å². The van der Waals surface area contributed by atoms with Crippen LogP contribution in [0.2, 0.25) is 0 Å². The molecule has 0 unspecified atom stereocenters. The Morgan fingerprint density at radius 1 is 1.88 bits per heavy atom. The second kappa shape index (κ2) is 2.26. The number of aliphatic imine (C=N–C) groups is 1. The SMILES string of the molecule is O=CC1=NCC=CO1. The van der Waals surface area contributed by atoms with Gasteiger partial charge in [0.1, 0.15) is 0 Å². The molecule has 3 heteroatoms. The molecule has 1 rings (SSSR count). The molecule has 1 aliphatic rings. The number of nitrogens with zero attached hydrogens (tertiary/aromatic N) is 1. The average Bonchev–Trinajstić information content (AvgIpc) is 1.90. The highest BCUT2D eigenvalue weighted by atomic mass is 16.5. The van der Waals surface area contributed by atoms with E-state index in [-0.39, 0.29) is 5.90 Å². The van der Waals surface area contributed by atoms with Crippen LogP contribution in [0, 0.1) is 0 Å². The van der Waals surface area contributed by atoms with Gasteiger partial charge in [0.2, 0.25) is 6.29 Å². The molecule has 0 saturated heterocycles. The number of hydrogen-bond donors (Lipinski definition) is 0. The Morgan fingerprint density at radius 2 is 2.75 bits per heavy atom. The van der Waals surface area contributed by atoms with Gasteiger partial charge in [0.15, 0.2) is 0 Å². The van der Waals surface area contributed by atoms with Gasteiger partial charge in [-0.2, -0.15) is 0 Å². The summed E-state index contributed by atoms with van der Waals surface area (Å²) in [5.74, 6) is 0.160. The summed E-state index contributed by atoms with van der Waals surface area (Å²) >= 11 is 0. The Kier molecular flexibility index (Phi) is 1.42. The van der Waals surface area contributed by atoms with Gasteiger partial charge >= 0.3 is 0 Å². The summed E-state index contributed by atoms with van der Waals surface area (Å²) in [5, 5.41) is 0. The van der Waals surface area contributed by atoms with Crippen molar-refractivity contribution < 1.29 is 9.53 Å². The summed E-state index contributed by atoms with van der Waals surface area (Å²) in [5.41, 5.74) is 0. The molecular weight excluding hydrogens is 106 g/mol. The smallest absolute Gasteiger partial charge is 0.255 e. The van der Waals surface area contributed by atoms with Crippen molar-refractivity contribution >= 4 is 12.2 Å². The molecule has 0 atom stereocenters. The zero-order valence-electron chi connectivity index (χ0n) is 4.20. The minimum Gasteiger partial charge on any atom is -0.445 e. The van der Waals surface area contributed by atoms with Crippen LogP contribution < -0.4 is 0 Å². The van der Waals surface area contributed by atoms with Crippen LogP contribution in [0.5, 0.6) is 0 Å². The first kappa shape index (κ1) is 5.03. The highest BCUT2D eigenvalue weighted by Gasteiger charge is 1.95. The van der Waals surface area contributed by atoms with Gasteiger partial charge < -0.3 is 4.74 Å².